The summed E-state index contributed by atoms with van der Waals surface area (Å²) in [5, 5.41) is 15.8. The van der Waals surface area contributed by atoms with Gasteiger partial charge in [0.1, 0.15) is 17.2 Å². The molecule has 4 unspecified atom stereocenters. The fraction of sp³-hybridized carbons (Fsp3) is 0.543. The van der Waals surface area contributed by atoms with E-state index < -0.39 is 11.9 Å². The van der Waals surface area contributed by atoms with E-state index in [1.54, 1.807) is 34.3 Å². The molecule has 0 aliphatic heterocycles. The maximum Gasteiger partial charge on any atom is 2.00 e. The average molecular weight is 1470 g/mol. The number of aliphatic hydroxyl groups is 1. The molecule has 5 rings (SSSR count). The first-order valence-corrected chi connectivity index (χ1v) is 30.3. The summed E-state index contributed by atoms with van der Waals surface area (Å²) < 4.78 is 24.6. The number of hydrogen-bond donors (Lipinski definition) is 2. The fourth-order valence-electron chi connectivity index (χ4n) is 7.06. The standard InChI is InChI=1S/C13H16O3.C11H12O3.C9H10O.4C7H15.C4H6N2O2.4CO2.CH4O.2Rh/c1-3-16-13(14)12-8-11(12)9-5-4-6-10(7-9)15-2;1-14-8-4-2-3-7(5-8)9-6-10(9)11(12)13;1-3-8-5-4-6-9(7-8)10-2;4*1-3-5-7-6-4-2;1-2-8-4(7)3-6-5;4*2-1-3;1-2;;/h4-7,11-12H,3,8H2,1-2H3;2-5,9-10H,6H2,1H3,(H,12,13);3-7H,1H2,2H3;4*1,3-7H2,2H3;3H,2H2,1H3;;;;;2H,1H3;;/q;;;4*-1;;;;;;;2*+2. The summed E-state index contributed by atoms with van der Waals surface area (Å²) in [6, 6.07) is 23.3. The number of carbonyl (C=O) groups excluding carboxylic acids is 10. The van der Waals surface area contributed by atoms with Gasteiger partial charge in [-0.2, -0.15) is 68.8 Å². The molecule has 3 aromatic rings. The summed E-state index contributed by atoms with van der Waals surface area (Å²) in [5.74, 6) is 1.46. The first-order valence-electron chi connectivity index (χ1n) is 30.3. The quantitative estimate of drug-likeness (QED) is 0.0136. The normalized spacial score (nSPS) is 12.5. The van der Waals surface area contributed by atoms with E-state index in [1.165, 1.54) is 103 Å². The van der Waals surface area contributed by atoms with Gasteiger partial charge >= 0.3 is 87.7 Å². The Morgan fingerprint density at radius 3 is 1.09 bits per heavy atom. The fourth-order valence-corrected chi connectivity index (χ4v) is 7.06. The molecule has 4 atom stereocenters. The van der Waals surface area contributed by atoms with Crippen LogP contribution in [0.25, 0.3) is 11.6 Å². The summed E-state index contributed by atoms with van der Waals surface area (Å²) in [6.07, 6.45) is 31.2. The molecule has 22 heteroatoms. The van der Waals surface area contributed by atoms with Crippen molar-refractivity contribution in [3.8, 4) is 17.2 Å². The van der Waals surface area contributed by atoms with Gasteiger partial charge in [0.2, 0.25) is 0 Å². The third kappa shape index (κ3) is 79.4. The van der Waals surface area contributed by atoms with Gasteiger partial charge in [-0.3, -0.25) is 9.59 Å². The van der Waals surface area contributed by atoms with E-state index >= 15 is 0 Å². The Morgan fingerprint density at radius 2 is 0.826 bits per heavy atom. The number of ether oxygens (including phenoxy) is 5. The molecule has 0 heterocycles. The summed E-state index contributed by atoms with van der Waals surface area (Å²) in [4.78, 5) is 99.7. The third-order valence-electron chi connectivity index (χ3n) is 11.7. The van der Waals surface area contributed by atoms with Gasteiger partial charge in [-0.1, -0.05) is 179 Å². The van der Waals surface area contributed by atoms with Crippen LogP contribution in [0.1, 0.15) is 211 Å². The maximum atomic E-state index is 11.5. The molecule has 0 aromatic heterocycles. The minimum atomic E-state index is -0.696. The first-order chi connectivity index (χ1) is 43.5. The van der Waals surface area contributed by atoms with Gasteiger partial charge < -0.3 is 67.1 Å². The van der Waals surface area contributed by atoms with Crippen LogP contribution in [0.4, 0.5) is 0 Å². The van der Waals surface area contributed by atoms with Gasteiger partial charge in [0.05, 0.1) is 46.4 Å². The van der Waals surface area contributed by atoms with Gasteiger partial charge in [0, 0.05) is 7.11 Å². The number of methoxy groups -OCH3 is 3. The first kappa shape index (κ1) is 107. The second-order valence-corrected chi connectivity index (χ2v) is 18.5. The Labute approximate surface area is 576 Å². The molecule has 2 saturated carbocycles. The van der Waals surface area contributed by atoms with E-state index in [-0.39, 0.29) is 87.3 Å². The number of carboxylic acids is 1. The molecule has 92 heavy (non-hydrogen) atoms. The van der Waals surface area contributed by atoms with Crippen LogP contribution < -0.4 is 14.2 Å². The van der Waals surface area contributed by atoms with Crippen LogP contribution in [0.5, 0.6) is 17.2 Å². The topological polar surface area (TPSA) is 311 Å². The zero-order valence-corrected chi connectivity index (χ0v) is 59.7. The van der Waals surface area contributed by atoms with Crippen LogP contribution in [0, 0.1) is 39.5 Å². The monoisotopic (exact) mass is 1470 g/mol. The van der Waals surface area contributed by atoms with Crippen molar-refractivity contribution in [2.75, 3.05) is 41.7 Å². The number of aliphatic carboxylic acids is 1. The molecule has 3 aromatic carbocycles. The van der Waals surface area contributed by atoms with Crippen LogP contribution in [0.2, 0.25) is 0 Å². The smallest absolute Gasteiger partial charge is 0.497 e. The van der Waals surface area contributed by atoms with Crippen molar-refractivity contribution in [1.82, 2.24) is 0 Å². The predicted molar refractivity (Wildman–Crippen MR) is 346 cm³/mol. The molecule has 0 saturated heterocycles. The molecule has 2 aliphatic rings. The summed E-state index contributed by atoms with van der Waals surface area (Å²) >= 11 is 0. The number of nitrogens with zero attached hydrogens (tertiary/aromatic N) is 2. The van der Waals surface area contributed by atoms with Gasteiger partial charge in [-0.15, -0.1) is 0 Å². The Bertz CT molecular complexity index is 2210. The van der Waals surface area contributed by atoms with Gasteiger partial charge in [-0.25, -0.2) is 4.79 Å². The Morgan fingerprint density at radius 1 is 0.522 bits per heavy atom. The molecule has 2 N–H and O–H groups in total. The van der Waals surface area contributed by atoms with Crippen molar-refractivity contribution in [2.24, 2.45) is 11.8 Å². The molecule has 0 spiro atoms. The zero-order valence-electron chi connectivity index (χ0n) is 56.4. The number of carbonyl (C=O) groups is 3. The molecule has 524 valence electrons. The molecule has 2 aliphatic carbocycles. The molecule has 0 bridgehead atoms. The number of rotatable bonds is 27. The van der Waals surface area contributed by atoms with E-state index in [4.69, 9.17) is 73.0 Å². The van der Waals surface area contributed by atoms with E-state index in [1.807, 2.05) is 79.7 Å². The number of benzene rings is 3. The van der Waals surface area contributed by atoms with E-state index in [9.17, 15) is 14.4 Å². The number of hydrogen-bond acceptors (Lipinski definition) is 17. The number of unbranched alkanes of at least 4 members (excludes halogenated alkanes) is 16. The van der Waals surface area contributed by atoms with Crippen molar-refractivity contribution in [3.63, 3.8) is 0 Å². The van der Waals surface area contributed by atoms with Crippen molar-refractivity contribution >= 4 is 54.8 Å². The van der Waals surface area contributed by atoms with Crippen LogP contribution in [-0.4, -0.2) is 105 Å². The second kappa shape index (κ2) is 90.7. The van der Waals surface area contributed by atoms with E-state index in [0.29, 0.717) is 25.3 Å². The molecule has 20 nitrogen and oxygen atoms in total. The van der Waals surface area contributed by atoms with Crippen LogP contribution in [0.15, 0.2) is 79.4 Å². The van der Waals surface area contributed by atoms with E-state index in [2.05, 4.69) is 71.5 Å². The maximum absolute atomic E-state index is 11.5. The summed E-state index contributed by atoms with van der Waals surface area (Å²) in [7, 11) is 5.91. The molecule has 2 fully saturated rings. The largest absolute Gasteiger partial charge is 2.00 e. The van der Waals surface area contributed by atoms with Gasteiger partial charge in [0.25, 0.3) is 0 Å². The molecule has 2 radical (unpaired) electrons. The summed E-state index contributed by atoms with van der Waals surface area (Å²) in [6.45, 7) is 31.8. The number of esters is 2. The predicted octanol–water partition coefficient (Wildman–Crippen LogP) is 14.9. The second-order valence-electron chi connectivity index (χ2n) is 18.5. The van der Waals surface area contributed by atoms with Gasteiger partial charge in [0.15, 0.2) is 0 Å². The minimum Gasteiger partial charge on any atom is -0.497 e. The average Bonchev–Trinajstić information content (AvgIpc) is 1.67. The Balaban J connectivity index is -0.000000103. The molecule has 0 amide bonds. The van der Waals surface area contributed by atoms with Gasteiger partial charge in [-0.05, 0) is 91.6 Å². The Kier molecular flexibility index (Phi) is 105. The van der Waals surface area contributed by atoms with E-state index in [0.717, 1.165) is 79.6 Å². The molecular weight excluding hydrogens is 1360 g/mol. The van der Waals surface area contributed by atoms with Crippen LogP contribution in [0.3, 0.4) is 0 Å². The van der Waals surface area contributed by atoms with Crippen molar-refractivity contribution < 1.29 is 130 Å². The van der Waals surface area contributed by atoms with Crippen LogP contribution in [-0.2, 0) is 101 Å². The summed E-state index contributed by atoms with van der Waals surface area (Å²) in [5.41, 5.74) is 11.0. The SMILES string of the molecule is C=Cc1cccc(OC)c1.CCOC(=O)C1CC1c1cccc(OC)c1.CCOC(=O)C=[N+]=[N-].CO.COc1cccc(C2CC2C(=O)O)c1.O=C=O.O=C=O.O=C=O.O=C=O.[CH2-]CCCCCC.[CH2-]CCCCCC.[CH2-]CCCCCC.[CH2-]CCCCCC.[Rh+2].[Rh+2]. The Hall–Kier alpha value is -6.68. The zero-order chi connectivity index (χ0) is 70.4. The van der Waals surface area contributed by atoms with Crippen LogP contribution >= 0.6 is 0 Å². The number of carboxylic acid groups (broad SMARTS) is 1. The van der Waals surface area contributed by atoms with Crippen molar-refractivity contribution in [2.45, 2.75) is 195 Å². The minimum absolute atomic E-state index is 0. The third-order valence-corrected chi connectivity index (χ3v) is 11.7. The number of aliphatic hydroxyl groups excluding tert-OH is 1. The van der Waals surface area contributed by atoms with Crippen molar-refractivity contribution in [1.29, 1.82) is 0 Å². The van der Waals surface area contributed by atoms with Crippen molar-refractivity contribution in [3.05, 3.63) is 129 Å². The molecular formula is C70H108N2O18Rh2.